The highest BCUT2D eigenvalue weighted by atomic mass is 16.1. The first-order valence-corrected chi connectivity index (χ1v) is 5.20. The van der Waals surface area contributed by atoms with Crippen LogP contribution in [-0.4, -0.2) is 19.6 Å². The largest absolute Gasteiger partial charge is 0.362 e. The Bertz CT molecular complexity index is 660. The second-order valence-corrected chi connectivity index (χ2v) is 3.86. The van der Waals surface area contributed by atoms with Crippen molar-refractivity contribution < 1.29 is 0 Å². The molecule has 0 fully saturated rings. The highest BCUT2D eigenvalue weighted by Crippen LogP contribution is 2.20. The molecule has 2 heterocycles. The number of rotatable bonds is 0. The summed E-state index contributed by atoms with van der Waals surface area (Å²) in [5, 5.41) is 11.6. The van der Waals surface area contributed by atoms with Crippen LogP contribution in [0.3, 0.4) is 0 Å². The molecular formula is C10H9N5O. The van der Waals surface area contributed by atoms with E-state index in [0.29, 0.717) is 5.65 Å². The van der Waals surface area contributed by atoms with Gasteiger partial charge >= 0.3 is 5.69 Å². The molecule has 6 nitrogen and oxygen atoms in total. The number of nitrogens with zero attached hydrogens (tertiary/aromatic N) is 4. The van der Waals surface area contributed by atoms with Crippen molar-refractivity contribution in [3.63, 3.8) is 0 Å². The Morgan fingerprint density at radius 2 is 2.12 bits per heavy atom. The third kappa shape index (κ3) is 1.15. The third-order valence-electron chi connectivity index (χ3n) is 2.87. The fraction of sp³-hybridized carbons (Fsp3) is 0.400. The van der Waals surface area contributed by atoms with Crippen LogP contribution in [0, 0.1) is 11.3 Å². The minimum atomic E-state index is -0.433. The number of hydrogen-bond donors (Lipinski definition) is 1. The minimum Gasteiger partial charge on any atom is -0.244 e. The molecule has 0 saturated carbocycles. The fourth-order valence-corrected chi connectivity index (χ4v) is 2.17. The van der Waals surface area contributed by atoms with Crippen LogP contribution in [0.2, 0.25) is 0 Å². The second-order valence-electron chi connectivity index (χ2n) is 3.86. The molecule has 0 bridgehead atoms. The molecule has 1 N–H and O–H groups in total. The summed E-state index contributed by atoms with van der Waals surface area (Å²) in [6.07, 6.45) is 3.89. The van der Waals surface area contributed by atoms with Crippen LogP contribution in [-0.2, 0) is 12.8 Å². The number of nitrogens with one attached hydrogen (secondary N) is 1. The molecule has 1 aliphatic carbocycles. The van der Waals surface area contributed by atoms with Gasteiger partial charge in [0.15, 0.2) is 11.3 Å². The zero-order chi connectivity index (χ0) is 11.1. The molecule has 16 heavy (non-hydrogen) atoms. The Morgan fingerprint density at radius 1 is 1.31 bits per heavy atom. The third-order valence-corrected chi connectivity index (χ3v) is 2.87. The van der Waals surface area contributed by atoms with Gasteiger partial charge in [0.05, 0.1) is 11.4 Å². The molecule has 2 aromatic rings. The number of nitriles is 1. The summed E-state index contributed by atoms with van der Waals surface area (Å²) in [5.74, 6) is 0. The van der Waals surface area contributed by atoms with E-state index in [0.717, 1.165) is 37.1 Å². The molecule has 0 amide bonds. The van der Waals surface area contributed by atoms with Crippen molar-refractivity contribution in [2.24, 2.45) is 0 Å². The van der Waals surface area contributed by atoms with Gasteiger partial charge in [-0.05, 0) is 25.7 Å². The van der Waals surface area contributed by atoms with Crippen LogP contribution in [0.5, 0.6) is 0 Å². The summed E-state index contributed by atoms with van der Waals surface area (Å²) in [6, 6.07) is 1.98. The van der Waals surface area contributed by atoms with Crippen LogP contribution >= 0.6 is 0 Å². The van der Waals surface area contributed by atoms with E-state index in [-0.39, 0.29) is 5.69 Å². The summed E-state index contributed by atoms with van der Waals surface area (Å²) in [7, 11) is 0. The minimum absolute atomic E-state index is 0.221. The van der Waals surface area contributed by atoms with E-state index >= 15 is 0 Å². The highest BCUT2D eigenvalue weighted by molar-refractivity contribution is 5.51. The lowest BCUT2D eigenvalue weighted by atomic mass is 10.0. The summed E-state index contributed by atoms with van der Waals surface area (Å²) >= 11 is 0. The maximum Gasteiger partial charge on any atom is 0.362 e. The van der Waals surface area contributed by atoms with Crippen molar-refractivity contribution in [1.82, 2.24) is 19.6 Å². The summed E-state index contributed by atoms with van der Waals surface area (Å²) in [6.45, 7) is 0. The maximum absolute atomic E-state index is 11.2. The predicted molar refractivity (Wildman–Crippen MR) is 55.0 cm³/mol. The summed E-state index contributed by atoms with van der Waals surface area (Å²) in [5.41, 5.74) is 2.02. The zero-order valence-corrected chi connectivity index (χ0v) is 8.53. The number of aromatic nitrogens is 4. The Kier molecular flexibility index (Phi) is 1.80. The number of H-pyrrole nitrogens is 1. The van der Waals surface area contributed by atoms with Gasteiger partial charge < -0.3 is 0 Å². The molecular weight excluding hydrogens is 206 g/mol. The molecule has 3 rings (SSSR count). The molecule has 2 aromatic heterocycles. The van der Waals surface area contributed by atoms with Gasteiger partial charge in [-0.3, -0.25) is 0 Å². The Hall–Kier alpha value is -2.16. The van der Waals surface area contributed by atoms with E-state index < -0.39 is 5.69 Å². The second kappa shape index (κ2) is 3.17. The SMILES string of the molecule is N#Cc1nc2c(n3[nH]c(=O)nc13)CCCC2. The molecule has 0 radical (unpaired) electrons. The van der Waals surface area contributed by atoms with Gasteiger partial charge in [-0.2, -0.15) is 10.2 Å². The molecule has 80 valence electrons. The number of aromatic amines is 1. The Balaban J connectivity index is 2.45. The van der Waals surface area contributed by atoms with E-state index in [1.165, 1.54) is 0 Å². The zero-order valence-electron chi connectivity index (χ0n) is 8.53. The quantitative estimate of drug-likeness (QED) is 0.678. The molecule has 0 unspecified atom stereocenters. The fourth-order valence-electron chi connectivity index (χ4n) is 2.17. The van der Waals surface area contributed by atoms with E-state index in [1.54, 1.807) is 4.52 Å². The first-order chi connectivity index (χ1) is 7.79. The van der Waals surface area contributed by atoms with Crippen molar-refractivity contribution >= 4 is 5.65 Å². The van der Waals surface area contributed by atoms with Crippen LogP contribution < -0.4 is 5.69 Å². The van der Waals surface area contributed by atoms with Crippen LogP contribution in [0.15, 0.2) is 4.79 Å². The van der Waals surface area contributed by atoms with Crippen molar-refractivity contribution in [1.29, 1.82) is 5.26 Å². The average molecular weight is 215 g/mol. The van der Waals surface area contributed by atoms with Crippen molar-refractivity contribution in [3.8, 4) is 6.07 Å². The van der Waals surface area contributed by atoms with Crippen LogP contribution in [0.4, 0.5) is 0 Å². The predicted octanol–water partition coefficient (Wildman–Crippen LogP) is 0.168. The molecule has 6 heteroatoms. The molecule has 0 spiro atoms. The van der Waals surface area contributed by atoms with E-state index in [4.69, 9.17) is 5.26 Å². The number of fused-ring (bicyclic) bond motifs is 3. The monoisotopic (exact) mass is 215 g/mol. The first-order valence-electron chi connectivity index (χ1n) is 5.20. The highest BCUT2D eigenvalue weighted by Gasteiger charge is 2.18. The first kappa shape index (κ1) is 9.09. The smallest absolute Gasteiger partial charge is 0.244 e. The van der Waals surface area contributed by atoms with Crippen molar-refractivity contribution in [2.75, 3.05) is 0 Å². The lowest BCUT2D eigenvalue weighted by Crippen LogP contribution is -2.14. The molecule has 0 saturated heterocycles. The van der Waals surface area contributed by atoms with Gasteiger partial charge in [0.2, 0.25) is 0 Å². The number of hydrogen-bond acceptors (Lipinski definition) is 4. The normalized spacial score (nSPS) is 14.7. The van der Waals surface area contributed by atoms with Crippen molar-refractivity contribution in [2.45, 2.75) is 25.7 Å². The molecule has 0 atom stereocenters. The van der Waals surface area contributed by atoms with E-state index in [1.807, 2.05) is 6.07 Å². The van der Waals surface area contributed by atoms with Crippen LogP contribution in [0.25, 0.3) is 5.65 Å². The Labute approximate surface area is 90.5 Å². The van der Waals surface area contributed by atoms with Gasteiger partial charge in [0, 0.05) is 0 Å². The molecule has 0 aliphatic heterocycles. The molecule has 0 aromatic carbocycles. The maximum atomic E-state index is 11.2. The van der Waals surface area contributed by atoms with Gasteiger partial charge in [-0.1, -0.05) is 0 Å². The van der Waals surface area contributed by atoms with Gasteiger partial charge in [-0.25, -0.2) is 19.4 Å². The lowest BCUT2D eigenvalue weighted by Gasteiger charge is -2.15. The lowest BCUT2D eigenvalue weighted by molar-refractivity contribution is 0.626. The topological polar surface area (TPSA) is 86.8 Å². The van der Waals surface area contributed by atoms with Crippen molar-refractivity contribution in [3.05, 3.63) is 27.6 Å². The standard InChI is InChI=1S/C10H9N5O/c11-5-7-9-13-10(16)14-15(9)8-4-2-1-3-6(8)12-7/h1-4H2,(H,14,16). The van der Waals surface area contributed by atoms with E-state index in [2.05, 4.69) is 15.1 Å². The Morgan fingerprint density at radius 3 is 2.94 bits per heavy atom. The summed E-state index contributed by atoms with van der Waals surface area (Å²) in [4.78, 5) is 19.2. The molecule has 1 aliphatic rings. The van der Waals surface area contributed by atoms with Crippen LogP contribution in [0.1, 0.15) is 29.9 Å². The van der Waals surface area contributed by atoms with Gasteiger partial charge in [0.1, 0.15) is 6.07 Å². The summed E-state index contributed by atoms with van der Waals surface area (Å²) < 4.78 is 1.61. The average Bonchev–Trinajstić information content (AvgIpc) is 2.69. The number of aryl methyl sites for hydroxylation is 2. The van der Waals surface area contributed by atoms with Gasteiger partial charge in [-0.15, -0.1) is 0 Å². The van der Waals surface area contributed by atoms with Gasteiger partial charge in [0.25, 0.3) is 0 Å². The van der Waals surface area contributed by atoms with E-state index in [9.17, 15) is 4.79 Å².